The van der Waals surface area contributed by atoms with Crippen LogP contribution in [0.2, 0.25) is 0 Å². The number of hydrogen-bond donors (Lipinski definition) is 3. The first kappa shape index (κ1) is 23.3. The lowest BCUT2D eigenvalue weighted by Crippen LogP contribution is -2.50. The van der Waals surface area contributed by atoms with Crippen molar-refractivity contribution >= 4 is 23.3 Å². The molecule has 1 aliphatic heterocycles. The zero-order chi connectivity index (χ0) is 23.6. The second kappa shape index (κ2) is 11.8. The van der Waals surface area contributed by atoms with E-state index in [1.165, 1.54) is 5.69 Å². The molecular formula is C27H31N5O2. The molecule has 1 aliphatic rings. The van der Waals surface area contributed by atoms with Crippen molar-refractivity contribution in [2.75, 3.05) is 29.9 Å². The van der Waals surface area contributed by atoms with Gasteiger partial charge in [0, 0.05) is 49.8 Å². The predicted molar refractivity (Wildman–Crippen MR) is 135 cm³/mol. The van der Waals surface area contributed by atoms with E-state index in [4.69, 9.17) is 0 Å². The molecule has 0 spiro atoms. The van der Waals surface area contributed by atoms with Gasteiger partial charge in [0.05, 0.1) is 0 Å². The zero-order valence-electron chi connectivity index (χ0n) is 19.2. The van der Waals surface area contributed by atoms with Crippen LogP contribution in [0, 0.1) is 5.92 Å². The molecule has 0 aliphatic carbocycles. The average molecular weight is 458 g/mol. The minimum Gasteiger partial charge on any atom is -0.371 e. The van der Waals surface area contributed by atoms with E-state index >= 15 is 0 Å². The normalized spacial score (nSPS) is 14.8. The van der Waals surface area contributed by atoms with E-state index in [2.05, 4.69) is 25.8 Å². The van der Waals surface area contributed by atoms with Crippen LogP contribution in [0.25, 0.3) is 0 Å². The van der Waals surface area contributed by atoms with E-state index in [-0.39, 0.29) is 5.91 Å². The van der Waals surface area contributed by atoms with Crippen molar-refractivity contribution in [2.24, 2.45) is 5.92 Å². The van der Waals surface area contributed by atoms with Crippen molar-refractivity contribution < 1.29 is 9.59 Å². The number of nitrogens with one attached hydrogen (secondary N) is 3. The topological polar surface area (TPSA) is 86.4 Å². The molecule has 3 aromatic rings. The molecule has 1 atom stereocenters. The van der Waals surface area contributed by atoms with Crippen molar-refractivity contribution in [1.82, 2.24) is 15.6 Å². The van der Waals surface area contributed by atoms with E-state index in [0.29, 0.717) is 24.6 Å². The fourth-order valence-electron chi connectivity index (χ4n) is 4.22. The number of urea groups is 1. The number of aromatic nitrogens is 1. The standard InChI is InChI=1S/C27H31N5O2/c33-26(29-20-22-13-17-32(18-14-22)24-11-15-28-16-12-24)25(19-21-7-3-1-4-8-21)31-27(34)30-23-9-5-2-6-10-23/h1-12,15-16,22,25H,13-14,17-20H2,(H,29,33)(H2,30,31,34). The highest BCUT2D eigenvalue weighted by Crippen LogP contribution is 2.22. The monoisotopic (exact) mass is 457 g/mol. The van der Waals surface area contributed by atoms with Gasteiger partial charge in [-0.1, -0.05) is 48.5 Å². The number of rotatable bonds is 8. The highest BCUT2D eigenvalue weighted by Gasteiger charge is 2.24. The smallest absolute Gasteiger partial charge is 0.319 e. The van der Waals surface area contributed by atoms with Gasteiger partial charge in [-0.2, -0.15) is 0 Å². The molecule has 0 saturated carbocycles. The molecule has 3 amide bonds. The van der Waals surface area contributed by atoms with Crippen LogP contribution in [0.1, 0.15) is 18.4 Å². The molecule has 1 unspecified atom stereocenters. The SMILES string of the molecule is O=C(Nc1ccccc1)NC(Cc1ccccc1)C(=O)NCC1CCN(c2ccncc2)CC1. The third-order valence-corrected chi connectivity index (χ3v) is 6.14. The average Bonchev–Trinajstić information content (AvgIpc) is 2.89. The number of para-hydroxylation sites is 1. The summed E-state index contributed by atoms with van der Waals surface area (Å²) in [6, 6.07) is 21.9. The summed E-state index contributed by atoms with van der Waals surface area (Å²) in [6.07, 6.45) is 6.07. The van der Waals surface area contributed by atoms with Crippen molar-refractivity contribution in [3.63, 3.8) is 0 Å². The summed E-state index contributed by atoms with van der Waals surface area (Å²) < 4.78 is 0. The van der Waals surface area contributed by atoms with Gasteiger partial charge >= 0.3 is 6.03 Å². The summed E-state index contributed by atoms with van der Waals surface area (Å²) in [6.45, 7) is 2.52. The van der Waals surface area contributed by atoms with Gasteiger partial charge in [-0.25, -0.2) is 4.79 Å². The molecule has 3 N–H and O–H groups in total. The van der Waals surface area contributed by atoms with Crippen molar-refractivity contribution in [2.45, 2.75) is 25.3 Å². The maximum atomic E-state index is 13.1. The van der Waals surface area contributed by atoms with Crippen molar-refractivity contribution in [3.8, 4) is 0 Å². The van der Waals surface area contributed by atoms with Crippen molar-refractivity contribution in [3.05, 3.63) is 90.8 Å². The van der Waals surface area contributed by atoms with E-state index in [1.54, 1.807) is 0 Å². The predicted octanol–water partition coefficient (Wildman–Crippen LogP) is 3.85. The summed E-state index contributed by atoms with van der Waals surface area (Å²) in [5, 5.41) is 8.74. The van der Waals surface area contributed by atoms with Gasteiger partial charge < -0.3 is 20.9 Å². The fraction of sp³-hybridized carbons (Fsp3) is 0.296. The number of carbonyl (C=O) groups excluding carboxylic acids is 2. The van der Waals surface area contributed by atoms with E-state index in [1.807, 2.05) is 85.2 Å². The molecule has 2 heterocycles. The highest BCUT2D eigenvalue weighted by molar-refractivity contribution is 5.93. The molecule has 2 aromatic carbocycles. The number of carbonyl (C=O) groups is 2. The molecule has 176 valence electrons. The van der Waals surface area contributed by atoms with E-state index in [9.17, 15) is 9.59 Å². The summed E-state index contributed by atoms with van der Waals surface area (Å²) in [7, 11) is 0. The van der Waals surface area contributed by atoms with Crippen LogP contribution in [-0.4, -0.2) is 42.6 Å². The lowest BCUT2D eigenvalue weighted by atomic mass is 9.96. The zero-order valence-corrected chi connectivity index (χ0v) is 19.2. The first-order chi connectivity index (χ1) is 16.7. The Morgan fingerprint density at radius 3 is 2.24 bits per heavy atom. The number of pyridine rings is 1. The van der Waals surface area contributed by atoms with Gasteiger partial charge in [0.25, 0.3) is 0 Å². The van der Waals surface area contributed by atoms with Crippen LogP contribution in [0.5, 0.6) is 0 Å². The highest BCUT2D eigenvalue weighted by atomic mass is 16.2. The summed E-state index contributed by atoms with van der Waals surface area (Å²) in [4.78, 5) is 32.1. The summed E-state index contributed by atoms with van der Waals surface area (Å²) in [5.74, 6) is 0.251. The molecule has 0 bridgehead atoms. The third kappa shape index (κ3) is 6.81. The minimum absolute atomic E-state index is 0.163. The molecule has 1 saturated heterocycles. The van der Waals surface area contributed by atoms with Gasteiger partial charge in [0.2, 0.25) is 5.91 Å². The lowest BCUT2D eigenvalue weighted by Gasteiger charge is -2.33. The maximum Gasteiger partial charge on any atom is 0.319 e. The number of piperidine rings is 1. The third-order valence-electron chi connectivity index (χ3n) is 6.14. The van der Waals surface area contributed by atoms with Crippen LogP contribution < -0.4 is 20.9 Å². The molecule has 34 heavy (non-hydrogen) atoms. The Kier molecular flexibility index (Phi) is 8.11. The Hall–Kier alpha value is -3.87. The number of benzene rings is 2. The number of anilines is 2. The molecule has 4 rings (SSSR count). The Labute approximate surface area is 200 Å². The molecule has 1 aromatic heterocycles. The van der Waals surface area contributed by atoms with Crippen LogP contribution in [-0.2, 0) is 11.2 Å². The molecular weight excluding hydrogens is 426 g/mol. The number of hydrogen-bond acceptors (Lipinski definition) is 4. The maximum absolute atomic E-state index is 13.1. The van der Waals surface area contributed by atoms with Gasteiger partial charge in [-0.3, -0.25) is 9.78 Å². The molecule has 7 nitrogen and oxygen atoms in total. The molecule has 0 radical (unpaired) electrons. The first-order valence-electron chi connectivity index (χ1n) is 11.8. The van der Waals surface area contributed by atoms with Gasteiger partial charge in [0.15, 0.2) is 0 Å². The van der Waals surface area contributed by atoms with Crippen LogP contribution in [0.3, 0.4) is 0 Å². The number of nitrogens with zero attached hydrogens (tertiary/aromatic N) is 2. The minimum atomic E-state index is -0.664. The Morgan fingerprint density at radius 2 is 1.56 bits per heavy atom. The summed E-state index contributed by atoms with van der Waals surface area (Å²) >= 11 is 0. The van der Waals surface area contributed by atoms with Crippen molar-refractivity contribution in [1.29, 1.82) is 0 Å². The Morgan fingerprint density at radius 1 is 0.912 bits per heavy atom. The van der Waals surface area contributed by atoms with Gasteiger partial charge in [-0.15, -0.1) is 0 Å². The fourth-order valence-corrected chi connectivity index (χ4v) is 4.22. The summed E-state index contributed by atoms with van der Waals surface area (Å²) in [5.41, 5.74) is 2.86. The van der Waals surface area contributed by atoms with Gasteiger partial charge in [0.1, 0.15) is 6.04 Å². The Bertz CT molecular complexity index is 1040. The Balaban J connectivity index is 1.31. The van der Waals surface area contributed by atoms with E-state index < -0.39 is 12.1 Å². The van der Waals surface area contributed by atoms with Crippen LogP contribution in [0.15, 0.2) is 85.2 Å². The quantitative estimate of drug-likeness (QED) is 0.480. The van der Waals surface area contributed by atoms with Crippen LogP contribution >= 0.6 is 0 Å². The largest absolute Gasteiger partial charge is 0.371 e. The number of amides is 3. The first-order valence-corrected chi connectivity index (χ1v) is 11.8. The van der Waals surface area contributed by atoms with Crippen LogP contribution in [0.4, 0.5) is 16.2 Å². The second-order valence-electron chi connectivity index (χ2n) is 8.59. The molecule has 1 fully saturated rings. The lowest BCUT2D eigenvalue weighted by molar-refractivity contribution is -0.123. The molecule has 7 heteroatoms. The second-order valence-corrected chi connectivity index (χ2v) is 8.59. The van der Waals surface area contributed by atoms with Gasteiger partial charge in [-0.05, 0) is 48.6 Å². The van der Waals surface area contributed by atoms with E-state index in [0.717, 1.165) is 31.5 Å².